The number of halogens is 2. The highest BCUT2D eigenvalue weighted by atomic mass is 35.5. The number of rotatable bonds is 7. The Balaban J connectivity index is 0.00000361. The molecule has 1 aliphatic heterocycles. The fourth-order valence-corrected chi connectivity index (χ4v) is 5.49. The summed E-state index contributed by atoms with van der Waals surface area (Å²) in [6, 6.07) is 9.66. The van der Waals surface area contributed by atoms with E-state index >= 15 is 0 Å². The third-order valence-corrected chi connectivity index (χ3v) is 7.80. The molecule has 2 aromatic carbocycles. The molecule has 1 fully saturated rings. The quantitative estimate of drug-likeness (QED) is 0.459. The molecular formula is C24H28ClFN4O5S. The third kappa shape index (κ3) is 5.45. The highest BCUT2D eigenvalue weighted by Crippen LogP contribution is 2.32. The molecular weight excluding hydrogens is 511 g/mol. The molecule has 0 bridgehead atoms. The number of imidazole rings is 1. The molecule has 1 aromatic heterocycles. The van der Waals surface area contributed by atoms with E-state index in [0.717, 1.165) is 0 Å². The molecule has 4 rings (SSSR count). The van der Waals surface area contributed by atoms with Crippen molar-refractivity contribution in [2.75, 3.05) is 40.0 Å². The molecule has 0 amide bonds. The lowest BCUT2D eigenvalue weighted by Gasteiger charge is -2.26. The molecule has 1 saturated heterocycles. The number of ether oxygens (including phenoxy) is 2. The molecule has 0 spiro atoms. The SMILES string of the molecule is COC(=O)c1cc(-c2ccc(S(=O)(=O)N3CCOCC3)cc2)c2nc(C)n(C/C(F)=C/CN)c2c1.Cl. The van der Waals surface area contributed by atoms with Gasteiger partial charge in [0.1, 0.15) is 11.7 Å². The number of morpholine rings is 1. The van der Waals surface area contributed by atoms with Crippen LogP contribution in [0.2, 0.25) is 0 Å². The molecule has 9 nitrogen and oxygen atoms in total. The number of methoxy groups -OCH3 is 1. The van der Waals surface area contributed by atoms with Crippen molar-refractivity contribution in [3.8, 4) is 11.1 Å². The summed E-state index contributed by atoms with van der Waals surface area (Å²) in [7, 11) is -2.37. The molecule has 0 radical (unpaired) electrons. The highest BCUT2D eigenvalue weighted by molar-refractivity contribution is 7.89. The van der Waals surface area contributed by atoms with Crippen LogP contribution in [-0.2, 0) is 26.0 Å². The molecule has 0 atom stereocenters. The van der Waals surface area contributed by atoms with Crippen molar-refractivity contribution in [3.05, 3.63) is 59.7 Å². The summed E-state index contributed by atoms with van der Waals surface area (Å²) in [5.41, 5.74) is 8.05. The first-order valence-corrected chi connectivity index (χ1v) is 12.5. The van der Waals surface area contributed by atoms with Gasteiger partial charge in [0.2, 0.25) is 10.0 Å². The number of fused-ring (bicyclic) bond motifs is 1. The monoisotopic (exact) mass is 538 g/mol. The first kappa shape index (κ1) is 27.8. The minimum absolute atomic E-state index is 0. The van der Waals surface area contributed by atoms with Gasteiger partial charge in [0, 0.05) is 25.2 Å². The number of nitrogens with zero attached hydrogens (tertiary/aromatic N) is 3. The molecule has 194 valence electrons. The second kappa shape index (κ2) is 11.5. The van der Waals surface area contributed by atoms with Crippen molar-refractivity contribution in [1.29, 1.82) is 0 Å². The van der Waals surface area contributed by atoms with Crippen LogP contribution < -0.4 is 5.73 Å². The third-order valence-electron chi connectivity index (χ3n) is 5.89. The average molecular weight is 539 g/mol. The van der Waals surface area contributed by atoms with E-state index < -0.39 is 21.8 Å². The van der Waals surface area contributed by atoms with Gasteiger partial charge in [-0.3, -0.25) is 0 Å². The normalized spacial score (nSPS) is 15.1. The Labute approximate surface area is 215 Å². The van der Waals surface area contributed by atoms with Crippen LogP contribution >= 0.6 is 12.4 Å². The van der Waals surface area contributed by atoms with Crippen LogP contribution in [0.4, 0.5) is 4.39 Å². The minimum Gasteiger partial charge on any atom is -0.465 e. The maximum atomic E-state index is 14.3. The number of sulfonamides is 1. The average Bonchev–Trinajstić information content (AvgIpc) is 3.18. The number of nitrogens with two attached hydrogens (primary N) is 1. The summed E-state index contributed by atoms with van der Waals surface area (Å²) < 4.78 is 53.5. The number of hydrogen-bond acceptors (Lipinski definition) is 7. The summed E-state index contributed by atoms with van der Waals surface area (Å²) in [5.74, 6) is -0.420. The van der Waals surface area contributed by atoms with E-state index in [1.807, 2.05) is 0 Å². The lowest BCUT2D eigenvalue weighted by molar-refractivity contribution is 0.0601. The topological polar surface area (TPSA) is 117 Å². The van der Waals surface area contributed by atoms with Crippen molar-refractivity contribution in [2.24, 2.45) is 5.73 Å². The van der Waals surface area contributed by atoms with Crippen LogP contribution in [0.5, 0.6) is 0 Å². The van der Waals surface area contributed by atoms with Crippen LogP contribution in [0.3, 0.4) is 0 Å². The van der Waals surface area contributed by atoms with Gasteiger partial charge in [-0.1, -0.05) is 12.1 Å². The lowest BCUT2D eigenvalue weighted by atomic mass is 10.0. The second-order valence-corrected chi connectivity index (χ2v) is 9.99. The molecule has 3 aromatic rings. The Morgan fingerprint density at radius 3 is 2.50 bits per heavy atom. The van der Waals surface area contributed by atoms with E-state index in [9.17, 15) is 17.6 Å². The molecule has 0 unspecified atom stereocenters. The van der Waals surface area contributed by atoms with E-state index in [1.165, 1.54) is 29.6 Å². The molecule has 0 aliphatic carbocycles. The molecule has 2 N–H and O–H groups in total. The summed E-state index contributed by atoms with van der Waals surface area (Å²) >= 11 is 0. The molecule has 36 heavy (non-hydrogen) atoms. The number of esters is 1. The number of aryl methyl sites for hydroxylation is 1. The maximum Gasteiger partial charge on any atom is 0.337 e. The van der Waals surface area contributed by atoms with Crippen molar-refractivity contribution >= 4 is 39.4 Å². The number of carbonyl (C=O) groups excluding carboxylic acids is 1. The van der Waals surface area contributed by atoms with Crippen LogP contribution in [0, 0.1) is 6.92 Å². The number of hydrogen-bond donors (Lipinski definition) is 1. The highest BCUT2D eigenvalue weighted by Gasteiger charge is 2.26. The summed E-state index contributed by atoms with van der Waals surface area (Å²) in [4.78, 5) is 17.2. The lowest BCUT2D eigenvalue weighted by Crippen LogP contribution is -2.40. The maximum absolute atomic E-state index is 14.3. The van der Waals surface area contributed by atoms with Gasteiger partial charge in [0.15, 0.2) is 0 Å². The smallest absolute Gasteiger partial charge is 0.337 e. The van der Waals surface area contributed by atoms with Crippen LogP contribution in [-0.4, -0.2) is 68.2 Å². The second-order valence-electron chi connectivity index (χ2n) is 8.06. The number of allylic oxidation sites excluding steroid dienone is 1. The molecule has 2 heterocycles. The fourth-order valence-electron chi connectivity index (χ4n) is 4.08. The van der Waals surface area contributed by atoms with Gasteiger partial charge in [-0.15, -0.1) is 12.4 Å². The van der Waals surface area contributed by atoms with Crippen molar-refractivity contribution in [1.82, 2.24) is 13.9 Å². The van der Waals surface area contributed by atoms with Crippen LogP contribution in [0.15, 0.2) is 53.2 Å². The zero-order valence-corrected chi connectivity index (χ0v) is 21.6. The minimum atomic E-state index is -3.65. The van der Waals surface area contributed by atoms with E-state index in [-0.39, 0.29) is 36.0 Å². The Bertz CT molecular complexity index is 1380. The fraction of sp³-hybridized carbons (Fsp3) is 0.333. The van der Waals surface area contributed by atoms with Gasteiger partial charge in [-0.2, -0.15) is 4.31 Å². The van der Waals surface area contributed by atoms with Gasteiger partial charge < -0.3 is 19.8 Å². The molecule has 1 aliphatic rings. The molecule has 12 heteroatoms. The van der Waals surface area contributed by atoms with Gasteiger partial charge in [0.25, 0.3) is 0 Å². The number of carbonyl (C=O) groups is 1. The van der Waals surface area contributed by atoms with Gasteiger partial charge in [0.05, 0.1) is 48.4 Å². The Hall–Kier alpha value is -2.83. The summed E-state index contributed by atoms with van der Waals surface area (Å²) in [6.07, 6.45) is 1.28. The van der Waals surface area contributed by atoms with Crippen molar-refractivity contribution in [2.45, 2.75) is 18.4 Å². The van der Waals surface area contributed by atoms with E-state index in [1.54, 1.807) is 35.8 Å². The first-order valence-electron chi connectivity index (χ1n) is 11.1. The van der Waals surface area contributed by atoms with Gasteiger partial charge in [-0.25, -0.2) is 22.6 Å². The van der Waals surface area contributed by atoms with Gasteiger partial charge in [-0.05, 0) is 42.8 Å². The van der Waals surface area contributed by atoms with E-state index in [4.69, 9.17) is 15.2 Å². The zero-order chi connectivity index (χ0) is 25.2. The summed E-state index contributed by atoms with van der Waals surface area (Å²) in [5, 5.41) is 0. The van der Waals surface area contributed by atoms with Crippen molar-refractivity contribution in [3.63, 3.8) is 0 Å². The first-order chi connectivity index (χ1) is 16.8. The summed E-state index contributed by atoms with van der Waals surface area (Å²) in [6.45, 7) is 3.05. The predicted molar refractivity (Wildman–Crippen MR) is 136 cm³/mol. The van der Waals surface area contributed by atoms with Crippen molar-refractivity contribution < 1.29 is 27.1 Å². The van der Waals surface area contributed by atoms with Gasteiger partial charge >= 0.3 is 5.97 Å². The number of benzene rings is 2. The molecule has 0 saturated carbocycles. The van der Waals surface area contributed by atoms with E-state index in [0.29, 0.717) is 54.3 Å². The Morgan fingerprint density at radius 2 is 1.89 bits per heavy atom. The zero-order valence-electron chi connectivity index (χ0n) is 19.9. The number of aromatic nitrogens is 2. The van der Waals surface area contributed by atoms with Crippen LogP contribution in [0.1, 0.15) is 16.2 Å². The van der Waals surface area contributed by atoms with Crippen LogP contribution in [0.25, 0.3) is 22.2 Å². The Kier molecular flexibility index (Phi) is 8.85. The Morgan fingerprint density at radius 1 is 1.22 bits per heavy atom. The predicted octanol–water partition coefficient (Wildman–Crippen LogP) is 3.05. The van der Waals surface area contributed by atoms with E-state index in [2.05, 4.69) is 4.98 Å². The standard InChI is InChI=1S/C24H27FN4O5S.ClH/c1-16-27-23-21(13-18(24(30)33-2)14-22(23)29(16)15-19(25)7-8-26)17-3-5-20(6-4-17)35(31,32)28-9-11-34-12-10-28;/h3-7,13-14H,8-12,15,26H2,1-2H3;1H/b19-7-;. The largest absolute Gasteiger partial charge is 0.465 e.